The van der Waals surface area contributed by atoms with Gasteiger partial charge in [-0.15, -0.1) is 0 Å². The van der Waals surface area contributed by atoms with Gasteiger partial charge < -0.3 is 14.5 Å². The highest BCUT2D eigenvalue weighted by Crippen LogP contribution is 2.23. The van der Waals surface area contributed by atoms with Crippen LogP contribution in [0.25, 0.3) is 21.9 Å². The molecule has 0 bridgehead atoms. The third kappa shape index (κ3) is 2.48. The van der Waals surface area contributed by atoms with Gasteiger partial charge in [0, 0.05) is 41.9 Å². The fourth-order valence-corrected chi connectivity index (χ4v) is 3.23. The molecule has 5 heteroatoms. The second-order valence-corrected chi connectivity index (χ2v) is 6.49. The summed E-state index contributed by atoms with van der Waals surface area (Å²) in [5.74, 6) is 0.801. The second kappa shape index (κ2) is 5.48. The Bertz CT molecular complexity index is 1130. The van der Waals surface area contributed by atoms with Crippen LogP contribution in [0.3, 0.4) is 0 Å². The van der Waals surface area contributed by atoms with Crippen molar-refractivity contribution >= 4 is 33.5 Å². The maximum atomic E-state index is 12.6. The number of anilines is 1. The van der Waals surface area contributed by atoms with Gasteiger partial charge in [0.1, 0.15) is 5.82 Å². The van der Waals surface area contributed by atoms with Crippen molar-refractivity contribution < 1.29 is 4.79 Å². The van der Waals surface area contributed by atoms with Crippen molar-refractivity contribution in [1.82, 2.24) is 14.1 Å². The van der Waals surface area contributed by atoms with Crippen molar-refractivity contribution in [3.63, 3.8) is 0 Å². The number of fused-ring (bicyclic) bond motifs is 2. The van der Waals surface area contributed by atoms with Crippen molar-refractivity contribution in [1.29, 1.82) is 0 Å². The molecule has 0 unspecified atom stereocenters. The van der Waals surface area contributed by atoms with Gasteiger partial charge in [-0.05, 0) is 56.3 Å². The van der Waals surface area contributed by atoms with Gasteiger partial charge in [0.2, 0.25) is 0 Å². The summed E-state index contributed by atoms with van der Waals surface area (Å²) in [5.41, 5.74) is 5.60. The number of nitrogens with one attached hydrogen (secondary N) is 1. The quantitative estimate of drug-likeness (QED) is 0.604. The normalized spacial score (nSPS) is 11.4. The summed E-state index contributed by atoms with van der Waals surface area (Å²) in [4.78, 5) is 17.1. The first-order valence-corrected chi connectivity index (χ1v) is 8.24. The lowest BCUT2D eigenvalue weighted by atomic mass is 10.1. The maximum absolute atomic E-state index is 12.6. The average molecular weight is 332 g/mol. The van der Waals surface area contributed by atoms with Crippen molar-refractivity contribution in [2.24, 2.45) is 14.1 Å². The average Bonchev–Trinajstić information content (AvgIpc) is 3.03. The number of amides is 1. The van der Waals surface area contributed by atoms with Gasteiger partial charge in [0.25, 0.3) is 5.91 Å². The molecule has 4 aromatic rings. The fraction of sp³-hybridized carbons (Fsp3) is 0.200. The van der Waals surface area contributed by atoms with Gasteiger partial charge in [-0.3, -0.25) is 4.79 Å². The fourth-order valence-electron chi connectivity index (χ4n) is 3.23. The molecule has 0 aliphatic carbocycles. The molecule has 2 heterocycles. The summed E-state index contributed by atoms with van der Waals surface area (Å²) < 4.78 is 4.15. The largest absolute Gasteiger partial charge is 0.348 e. The molecule has 0 aliphatic rings. The Labute approximate surface area is 145 Å². The Morgan fingerprint density at radius 2 is 1.72 bits per heavy atom. The number of imidazole rings is 1. The number of aromatic nitrogens is 3. The molecule has 0 atom stereocenters. The number of carbonyl (C=O) groups excluding carboxylic acids is 1. The van der Waals surface area contributed by atoms with E-state index in [4.69, 9.17) is 0 Å². The molecule has 2 aromatic carbocycles. The molecule has 5 nitrogen and oxygen atoms in total. The molecule has 4 rings (SSSR count). The lowest BCUT2D eigenvalue weighted by molar-refractivity contribution is 0.102. The van der Waals surface area contributed by atoms with Crippen molar-refractivity contribution in [3.8, 4) is 0 Å². The summed E-state index contributed by atoms with van der Waals surface area (Å²) in [6, 6.07) is 13.7. The number of carbonyl (C=O) groups is 1. The first-order chi connectivity index (χ1) is 11.9. The van der Waals surface area contributed by atoms with Crippen LogP contribution in [0.4, 0.5) is 5.69 Å². The summed E-state index contributed by atoms with van der Waals surface area (Å²) in [7, 11) is 4.02. The molecule has 0 saturated heterocycles. The molecular weight excluding hydrogens is 312 g/mol. The molecule has 2 aromatic heterocycles. The van der Waals surface area contributed by atoms with Gasteiger partial charge >= 0.3 is 0 Å². The van der Waals surface area contributed by atoms with E-state index < -0.39 is 0 Å². The van der Waals surface area contributed by atoms with E-state index in [-0.39, 0.29) is 5.91 Å². The molecule has 1 N–H and O–H groups in total. The molecule has 0 aliphatic heterocycles. The number of hydrogen-bond donors (Lipinski definition) is 1. The summed E-state index contributed by atoms with van der Waals surface area (Å²) >= 11 is 0. The van der Waals surface area contributed by atoms with E-state index in [9.17, 15) is 4.79 Å². The Morgan fingerprint density at radius 1 is 0.960 bits per heavy atom. The third-order valence-corrected chi connectivity index (χ3v) is 4.91. The highest BCUT2D eigenvalue weighted by atomic mass is 16.1. The van der Waals surface area contributed by atoms with E-state index in [1.54, 1.807) is 0 Å². The van der Waals surface area contributed by atoms with Crippen LogP contribution in [0, 0.1) is 13.8 Å². The molecule has 0 fully saturated rings. The van der Waals surface area contributed by atoms with E-state index >= 15 is 0 Å². The van der Waals surface area contributed by atoms with Crippen molar-refractivity contribution in [2.45, 2.75) is 13.8 Å². The van der Waals surface area contributed by atoms with Crippen LogP contribution < -0.4 is 5.32 Å². The summed E-state index contributed by atoms with van der Waals surface area (Å²) in [5, 5.41) is 4.10. The lowest BCUT2D eigenvalue weighted by Crippen LogP contribution is -2.11. The van der Waals surface area contributed by atoms with Gasteiger partial charge in [0.05, 0.1) is 11.0 Å². The van der Waals surface area contributed by atoms with Crippen molar-refractivity contribution in [3.05, 3.63) is 59.5 Å². The summed E-state index contributed by atoms with van der Waals surface area (Å²) in [6.07, 6.45) is 0. The Morgan fingerprint density at radius 3 is 2.52 bits per heavy atom. The highest BCUT2D eigenvalue weighted by Gasteiger charge is 2.11. The van der Waals surface area contributed by atoms with Crippen LogP contribution in [-0.2, 0) is 14.1 Å². The topological polar surface area (TPSA) is 51.9 Å². The zero-order chi connectivity index (χ0) is 17.7. The molecule has 126 valence electrons. The van der Waals surface area contributed by atoms with Crippen molar-refractivity contribution in [2.75, 3.05) is 5.32 Å². The molecule has 0 radical (unpaired) electrons. The second-order valence-electron chi connectivity index (χ2n) is 6.49. The van der Waals surface area contributed by atoms with Crippen LogP contribution in [0.2, 0.25) is 0 Å². The molecule has 0 spiro atoms. The van der Waals surface area contributed by atoms with Gasteiger partial charge in [0.15, 0.2) is 0 Å². The third-order valence-electron chi connectivity index (χ3n) is 4.91. The lowest BCUT2D eigenvalue weighted by Gasteiger charge is -2.06. The van der Waals surface area contributed by atoms with E-state index in [0.717, 1.165) is 33.4 Å². The predicted octanol–water partition coefficient (Wildman–Crippen LogP) is 3.93. The predicted molar refractivity (Wildman–Crippen MR) is 101 cm³/mol. The molecular formula is C20H20N4O. The van der Waals surface area contributed by atoms with E-state index in [1.165, 1.54) is 5.69 Å². The number of benzene rings is 2. The van der Waals surface area contributed by atoms with Crippen LogP contribution in [0.5, 0.6) is 0 Å². The van der Waals surface area contributed by atoms with Crippen LogP contribution in [-0.4, -0.2) is 20.0 Å². The van der Waals surface area contributed by atoms with E-state index in [1.807, 2.05) is 62.0 Å². The maximum Gasteiger partial charge on any atom is 0.255 e. The Hall–Kier alpha value is -3.08. The number of nitrogens with zero attached hydrogens (tertiary/aromatic N) is 3. The number of hydrogen-bond acceptors (Lipinski definition) is 2. The summed E-state index contributed by atoms with van der Waals surface area (Å²) in [6.45, 7) is 4.03. The minimum Gasteiger partial charge on any atom is -0.348 e. The number of rotatable bonds is 2. The van der Waals surface area contributed by atoms with Crippen LogP contribution >= 0.6 is 0 Å². The Kier molecular flexibility index (Phi) is 3.39. The van der Waals surface area contributed by atoms with E-state index in [0.29, 0.717) is 5.56 Å². The van der Waals surface area contributed by atoms with Crippen LogP contribution in [0.1, 0.15) is 21.9 Å². The molecule has 1 amide bonds. The minimum absolute atomic E-state index is 0.128. The van der Waals surface area contributed by atoms with E-state index in [2.05, 4.69) is 27.9 Å². The first-order valence-electron chi connectivity index (χ1n) is 8.24. The van der Waals surface area contributed by atoms with Gasteiger partial charge in [-0.25, -0.2) is 4.98 Å². The highest BCUT2D eigenvalue weighted by molar-refractivity contribution is 6.06. The molecule has 0 saturated carbocycles. The smallest absolute Gasteiger partial charge is 0.255 e. The zero-order valence-electron chi connectivity index (χ0n) is 14.8. The van der Waals surface area contributed by atoms with Gasteiger partial charge in [-0.2, -0.15) is 0 Å². The number of aryl methyl sites for hydroxylation is 4. The first kappa shape index (κ1) is 15.4. The SMILES string of the molecule is Cc1cc2cc(NC(=O)c3ccc4c(c3)nc(C)n4C)ccc2n1C. The monoisotopic (exact) mass is 332 g/mol. The zero-order valence-corrected chi connectivity index (χ0v) is 14.8. The minimum atomic E-state index is -0.128. The standard InChI is InChI=1S/C20H20N4O/c1-12-9-15-10-16(6-8-18(15)23(12)3)22-20(25)14-5-7-19-17(11-14)21-13(2)24(19)4/h5-11H,1-4H3,(H,22,25). The molecule has 25 heavy (non-hydrogen) atoms. The van der Waals surface area contributed by atoms with Crippen LogP contribution in [0.15, 0.2) is 42.5 Å². The van der Waals surface area contributed by atoms with Gasteiger partial charge in [-0.1, -0.05) is 0 Å². The Balaban J connectivity index is 1.65.